The first-order chi connectivity index (χ1) is 26.1. The van der Waals surface area contributed by atoms with Crippen LogP contribution < -0.4 is 16.0 Å². The predicted octanol–water partition coefficient (Wildman–Crippen LogP) is 0.364. The monoisotopic (exact) mass is 758 g/mol. The molecule has 1 saturated carbocycles. The van der Waals surface area contributed by atoms with Crippen molar-refractivity contribution in [2.45, 2.75) is 99.7 Å². The highest BCUT2D eigenvalue weighted by atomic mass is 16.5. The maximum Gasteiger partial charge on any atom is 0.0633 e. The number of likely N-dealkylation sites (tertiary alicyclic amines) is 2. The largest absolute Gasteiger partial charge is 0.378 e. The van der Waals surface area contributed by atoms with Crippen molar-refractivity contribution in [1.29, 1.82) is 0 Å². The Morgan fingerprint density at radius 2 is 0.926 bits per heavy atom. The van der Waals surface area contributed by atoms with Crippen LogP contribution in [-0.2, 0) is 4.74 Å². The molecular weight excluding hydrogens is 675 g/mol. The van der Waals surface area contributed by atoms with Gasteiger partial charge in [0.2, 0.25) is 0 Å². The van der Waals surface area contributed by atoms with E-state index in [0.29, 0.717) is 12.1 Å². The van der Waals surface area contributed by atoms with Gasteiger partial charge in [0.05, 0.1) is 13.2 Å². The molecule has 0 aromatic heterocycles. The molecule has 312 valence electrons. The van der Waals surface area contributed by atoms with Crippen LogP contribution in [-0.4, -0.2) is 248 Å². The first kappa shape index (κ1) is 41.7. The molecule has 0 amide bonds. The summed E-state index contributed by atoms with van der Waals surface area (Å²) in [4.78, 5) is 19.8. The molecular formula is C42H83N11O. The summed E-state index contributed by atoms with van der Waals surface area (Å²) in [5.74, 6) is 2.13. The van der Waals surface area contributed by atoms with Crippen LogP contribution >= 0.6 is 0 Å². The van der Waals surface area contributed by atoms with Gasteiger partial charge in [-0.3, -0.25) is 14.7 Å². The topological polar surface area (TPSA) is 71.2 Å². The van der Waals surface area contributed by atoms with Crippen molar-refractivity contribution in [2.24, 2.45) is 11.8 Å². The van der Waals surface area contributed by atoms with Crippen LogP contribution in [0.4, 0.5) is 0 Å². The number of hydrogen-bond acceptors (Lipinski definition) is 12. The van der Waals surface area contributed by atoms with Gasteiger partial charge in [-0.1, -0.05) is 0 Å². The van der Waals surface area contributed by atoms with Gasteiger partial charge < -0.3 is 45.2 Å². The number of piperazine rings is 6. The number of ether oxygens (including phenoxy) is 1. The van der Waals surface area contributed by atoms with E-state index in [1.165, 1.54) is 143 Å². The number of piperidine rings is 1. The molecule has 12 heteroatoms. The minimum atomic E-state index is 0.581. The van der Waals surface area contributed by atoms with Crippen molar-refractivity contribution in [3.63, 3.8) is 0 Å². The van der Waals surface area contributed by atoms with Crippen molar-refractivity contribution in [3.05, 3.63) is 0 Å². The summed E-state index contributed by atoms with van der Waals surface area (Å²) in [6.45, 7) is 22.2. The van der Waals surface area contributed by atoms with E-state index in [1.54, 1.807) is 0 Å². The second-order valence-corrected chi connectivity index (χ2v) is 19.8. The Morgan fingerprint density at radius 3 is 1.43 bits per heavy atom. The Balaban J connectivity index is 0.000000100. The molecule has 3 N–H and O–H groups in total. The van der Waals surface area contributed by atoms with E-state index in [1.807, 2.05) is 0 Å². The molecule has 1 aliphatic carbocycles. The number of likely N-dealkylation sites (N-methyl/N-ethyl adjacent to an activating group) is 5. The number of rotatable bonds is 0. The Hall–Kier alpha value is -0.480. The molecule has 12 bridgehead atoms. The minimum Gasteiger partial charge on any atom is -0.378 e. The van der Waals surface area contributed by atoms with Crippen LogP contribution in [0.25, 0.3) is 0 Å². The summed E-state index contributed by atoms with van der Waals surface area (Å²) in [6, 6.07) is 6.28. The highest BCUT2D eigenvalue weighted by molar-refractivity contribution is 4.94. The molecule has 13 fully saturated rings. The van der Waals surface area contributed by atoms with Gasteiger partial charge in [-0.15, -0.1) is 0 Å². The van der Waals surface area contributed by atoms with Gasteiger partial charge in [0.1, 0.15) is 0 Å². The summed E-state index contributed by atoms with van der Waals surface area (Å²) in [5, 5.41) is 10.5. The van der Waals surface area contributed by atoms with Crippen LogP contribution in [0.2, 0.25) is 0 Å². The Labute approximate surface area is 331 Å². The summed E-state index contributed by atoms with van der Waals surface area (Å²) < 4.78 is 5.40. The van der Waals surface area contributed by atoms with E-state index in [2.05, 4.69) is 97.4 Å². The zero-order valence-corrected chi connectivity index (χ0v) is 35.6. The molecule has 10 atom stereocenters. The molecule has 12 heterocycles. The second kappa shape index (κ2) is 20.0. The smallest absolute Gasteiger partial charge is 0.0633 e. The van der Waals surface area contributed by atoms with Gasteiger partial charge in [-0.25, -0.2) is 0 Å². The minimum absolute atomic E-state index is 0.581. The number of hydrogen-bond donors (Lipinski definition) is 3. The molecule has 12 saturated heterocycles. The fourth-order valence-electron chi connectivity index (χ4n) is 11.6. The zero-order chi connectivity index (χ0) is 37.6. The number of nitrogens with one attached hydrogen (secondary N) is 3. The van der Waals surface area contributed by atoms with Gasteiger partial charge in [-0.05, 0) is 112 Å². The van der Waals surface area contributed by atoms with Crippen LogP contribution in [0.1, 0.15) is 51.4 Å². The average molecular weight is 758 g/mol. The van der Waals surface area contributed by atoms with E-state index in [4.69, 9.17) is 4.74 Å². The summed E-state index contributed by atoms with van der Waals surface area (Å²) >= 11 is 0. The predicted molar refractivity (Wildman–Crippen MR) is 223 cm³/mol. The van der Waals surface area contributed by atoms with Crippen LogP contribution in [0, 0.1) is 11.8 Å². The Kier molecular flexibility index (Phi) is 15.4. The summed E-state index contributed by atoms with van der Waals surface area (Å²) in [5.41, 5.74) is 0. The zero-order valence-electron chi connectivity index (χ0n) is 35.6. The van der Waals surface area contributed by atoms with Gasteiger partial charge >= 0.3 is 0 Å². The quantitative estimate of drug-likeness (QED) is 0.320. The Morgan fingerprint density at radius 1 is 0.426 bits per heavy atom. The van der Waals surface area contributed by atoms with E-state index in [-0.39, 0.29) is 0 Å². The molecule has 0 aromatic carbocycles. The third-order valence-electron chi connectivity index (χ3n) is 15.1. The maximum absolute atomic E-state index is 5.40. The second-order valence-electron chi connectivity index (χ2n) is 19.8. The van der Waals surface area contributed by atoms with Crippen molar-refractivity contribution >= 4 is 0 Å². The molecule has 13 aliphatic rings. The lowest BCUT2D eigenvalue weighted by Gasteiger charge is -2.50. The summed E-state index contributed by atoms with van der Waals surface area (Å²) in [7, 11) is 13.4. The van der Waals surface area contributed by atoms with E-state index in [9.17, 15) is 0 Å². The van der Waals surface area contributed by atoms with Crippen LogP contribution in [0.15, 0.2) is 0 Å². The summed E-state index contributed by atoms with van der Waals surface area (Å²) in [6.07, 6.45) is 11.6. The maximum atomic E-state index is 5.40. The molecule has 0 spiro atoms. The number of nitrogens with zero attached hydrogens (tertiary/aromatic N) is 8. The van der Waals surface area contributed by atoms with Gasteiger partial charge in [-0.2, -0.15) is 0 Å². The third-order valence-corrected chi connectivity index (χ3v) is 15.1. The molecule has 12 nitrogen and oxygen atoms in total. The van der Waals surface area contributed by atoms with E-state index < -0.39 is 0 Å². The lowest BCUT2D eigenvalue weighted by Crippen LogP contribution is -2.65. The van der Waals surface area contributed by atoms with Crippen molar-refractivity contribution in [1.82, 2.24) is 55.1 Å². The van der Waals surface area contributed by atoms with Crippen molar-refractivity contribution in [3.8, 4) is 0 Å². The SMILES string of the molecule is CN1C2CCC1CNC2.CN1CC2CCC(C1)N2.CN1CC2CCC(C2)C1.CN1CC2COCC(C1)N2.CN1CCN2CC1C2.CN1CCN2CCC1C2. The van der Waals surface area contributed by atoms with Gasteiger partial charge in [0, 0.05) is 147 Å². The van der Waals surface area contributed by atoms with Crippen LogP contribution in [0.5, 0.6) is 0 Å². The highest BCUT2D eigenvalue weighted by Gasteiger charge is 2.35. The Bertz CT molecular complexity index is 1020. The lowest BCUT2D eigenvalue weighted by atomic mass is 10.00. The molecule has 12 aliphatic heterocycles. The first-order valence-electron chi connectivity index (χ1n) is 22.6. The average Bonchev–Trinajstić information content (AvgIpc) is 3.85. The fourth-order valence-corrected chi connectivity index (χ4v) is 11.6. The van der Waals surface area contributed by atoms with Gasteiger partial charge in [0.15, 0.2) is 0 Å². The van der Waals surface area contributed by atoms with Crippen molar-refractivity contribution in [2.75, 3.05) is 160 Å². The normalized spacial score (nSPS) is 43.7. The molecule has 54 heavy (non-hydrogen) atoms. The van der Waals surface area contributed by atoms with Crippen LogP contribution in [0.3, 0.4) is 0 Å². The van der Waals surface area contributed by atoms with Gasteiger partial charge in [0.25, 0.3) is 0 Å². The number of fused-ring (bicyclic) bond motifs is 12. The van der Waals surface area contributed by atoms with E-state index in [0.717, 1.165) is 74.4 Å². The molecule has 0 radical (unpaired) electrons. The molecule has 0 aromatic rings. The first-order valence-corrected chi connectivity index (χ1v) is 22.6. The lowest BCUT2D eigenvalue weighted by molar-refractivity contribution is -0.00937. The number of morpholine rings is 1. The standard InChI is InChI=1S/C8H15N.C7H14N2O.3C7H14N2.C6H12N2/c1-9-5-7-2-3-8(4-7)6-9;1-9-2-6-4-10-5-7(3-9)8-6;1-9-4-6-2-3-7(5-9)8-6;1-9-6-2-3-7(9)5-8-4-6;1-8-4-5-9-3-2-7(8)6-9;1-7-2-3-8-4-6(7)5-8/h7-8H,2-6H2,1H3;6-8H,2-5H2,1H3;2*6-8H,2-5H2,1H3;7H,2-6H2,1H3;6H,2-5H2,1H3. The molecule has 10 unspecified atom stereocenters. The fraction of sp³-hybridized carbons (Fsp3) is 1.00. The molecule has 13 rings (SSSR count). The highest BCUT2D eigenvalue weighted by Crippen LogP contribution is 2.35. The van der Waals surface area contributed by atoms with Crippen molar-refractivity contribution < 1.29 is 4.74 Å². The van der Waals surface area contributed by atoms with E-state index >= 15 is 0 Å². The third kappa shape index (κ3) is 11.8.